The first-order valence-corrected chi connectivity index (χ1v) is 5.86. The fourth-order valence-electron chi connectivity index (χ4n) is 2.14. The number of methoxy groups -OCH3 is 1. The molecule has 0 saturated heterocycles. The molecule has 102 valence electrons. The van der Waals surface area contributed by atoms with Gasteiger partial charge in [-0.05, 0) is 18.6 Å². The molecule has 1 aliphatic rings. The van der Waals surface area contributed by atoms with Crippen LogP contribution in [0.2, 0.25) is 0 Å². The fraction of sp³-hybridized carbons (Fsp3) is 0.214. The molecule has 1 aromatic rings. The number of carbonyl (C=O) groups excluding carboxylic acids is 1. The summed E-state index contributed by atoms with van der Waals surface area (Å²) in [6, 6.07) is 5.48. The van der Waals surface area contributed by atoms with Crippen molar-refractivity contribution in [3.8, 4) is 6.07 Å². The first-order valence-electron chi connectivity index (χ1n) is 5.86. The molecule has 1 atom stereocenters. The van der Waals surface area contributed by atoms with Gasteiger partial charge in [-0.1, -0.05) is 6.07 Å². The lowest BCUT2D eigenvalue weighted by Gasteiger charge is -2.26. The number of nitriles is 1. The lowest BCUT2D eigenvalue weighted by atomic mass is 9.84. The van der Waals surface area contributed by atoms with Crippen LogP contribution in [0.4, 0.5) is 0 Å². The van der Waals surface area contributed by atoms with Gasteiger partial charge in [0, 0.05) is 12.4 Å². The van der Waals surface area contributed by atoms with Crippen LogP contribution in [0.3, 0.4) is 0 Å². The van der Waals surface area contributed by atoms with E-state index in [1.165, 1.54) is 7.11 Å². The molecular weight excluding hydrogens is 258 g/mol. The molecule has 6 heteroatoms. The highest BCUT2D eigenvalue weighted by Crippen LogP contribution is 2.38. The van der Waals surface area contributed by atoms with E-state index >= 15 is 0 Å². The number of nitrogens with two attached hydrogens (primary N) is 1. The standard InChI is InChI=1S/C14H13N3O3/c1-8-11(14(18)19-2)12(9-4-3-5-17-7-9)10(6-15)13(16)20-8/h3-5,7,12H,16H2,1-2H3/t12-/m0/s1. The highest BCUT2D eigenvalue weighted by atomic mass is 16.5. The second-order valence-electron chi connectivity index (χ2n) is 4.17. The van der Waals surface area contributed by atoms with Crippen molar-refractivity contribution in [1.29, 1.82) is 5.26 Å². The number of ether oxygens (including phenoxy) is 2. The molecule has 0 fully saturated rings. The third-order valence-electron chi connectivity index (χ3n) is 3.03. The van der Waals surface area contributed by atoms with E-state index < -0.39 is 11.9 Å². The molecule has 0 radical (unpaired) electrons. The molecule has 0 bridgehead atoms. The van der Waals surface area contributed by atoms with E-state index in [1.807, 2.05) is 6.07 Å². The van der Waals surface area contributed by atoms with Gasteiger partial charge in [-0.2, -0.15) is 5.26 Å². The molecule has 20 heavy (non-hydrogen) atoms. The van der Waals surface area contributed by atoms with E-state index in [2.05, 4.69) is 4.98 Å². The molecule has 1 aromatic heterocycles. The van der Waals surface area contributed by atoms with Crippen LogP contribution in [0.1, 0.15) is 18.4 Å². The average Bonchev–Trinajstić information content (AvgIpc) is 2.46. The Bertz CT molecular complexity index is 641. The van der Waals surface area contributed by atoms with Crippen molar-refractivity contribution in [1.82, 2.24) is 4.98 Å². The SMILES string of the molecule is COC(=O)C1=C(C)OC(N)=C(C#N)[C@@H]1c1cccnc1. The molecule has 0 aromatic carbocycles. The van der Waals surface area contributed by atoms with Crippen LogP contribution in [0.25, 0.3) is 0 Å². The lowest BCUT2D eigenvalue weighted by Crippen LogP contribution is -2.25. The van der Waals surface area contributed by atoms with Gasteiger partial charge in [-0.3, -0.25) is 4.98 Å². The summed E-state index contributed by atoms with van der Waals surface area (Å²) in [7, 11) is 1.27. The van der Waals surface area contributed by atoms with Crippen LogP contribution in [0, 0.1) is 11.3 Å². The predicted molar refractivity (Wildman–Crippen MR) is 69.6 cm³/mol. The lowest BCUT2D eigenvalue weighted by molar-refractivity contribution is -0.136. The Morgan fingerprint density at radius 1 is 1.60 bits per heavy atom. The summed E-state index contributed by atoms with van der Waals surface area (Å²) < 4.78 is 10.0. The highest BCUT2D eigenvalue weighted by molar-refractivity contribution is 5.92. The molecule has 0 unspecified atom stereocenters. The molecular formula is C14H13N3O3. The van der Waals surface area contributed by atoms with Crippen molar-refractivity contribution in [2.24, 2.45) is 5.73 Å². The van der Waals surface area contributed by atoms with Crippen LogP contribution >= 0.6 is 0 Å². The fourth-order valence-corrected chi connectivity index (χ4v) is 2.14. The van der Waals surface area contributed by atoms with Crippen molar-refractivity contribution in [2.45, 2.75) is 12.8 Å². The molecule has 0 aliphatic carbocycles. The van der Waals surface area contributed by atoms with Gasteiger partial charge in [0.05, 0.1) is 18.6 Å². The van der Waals surface area contributed by atoms with Gasteiger partial charge in [0.25, 0.3) is 0 Å². The van der Waals surface area contributed by atoms with Crippen molar-refractivity contribution in [2.75, 3.05) is 7.11 Å². The van der Waals surface area contributed by atoms with Crippen LogP contribution in [-0.2, 0) is 14.3 Å². The van der Waals surface area contributed by atoms with Crippen molar-refractivity contribution in [3.05, 3.63) is 52.9 Å². The Morgan fingerprint density at radius 3 is 2.90 bits per heavy atom. The van der Waals surface area contributed by atoms with E-state index in [0.717, 1.165) is 0 Å². The predicted octanol–water partition coefficient (Wildman–Crippen LogP) is 1.34. The zero-order valence-electron chi connectivity index (χ0n) is 11.1. The summed E-state index contributed by atoms with van der Waals surface area (Å²) in [4.78, 5) is 16.0. The maximum atomic E-state index is 12.0. The smallest absolute Gasteiger partial charge is 0.338 e. The zero-order valence-corrected chi connectivity index (χ0v) is 11.1. The van der Waals surface area contributed by atoms with Gasteiger partial charge in [0.2, 0.25) is 5.88 Å². The molecule has 1 aliphatic heterocycles. The molecule has 0 saturated carbocycles. The molecule has 2 rings (SSSR count). The van der Waals surface area contributed by atoms with E-state index in [4.69, 9.17) is 15.2 Å². The second-order valence-corrected chi connectivity index (χ2v) is 4.17. The van der Waals surface area contributed by atoms with E-state index in [9.17, 15) is 10.1 Å². The van der Waals surface area contributed by atoms with Gasteiger partial charge in [0.1, 0.15) is 17.4 Å². The Kier molecular flexibility index (Phi) is 3.71. The van der Waals surface area contributed by atoms with Gasteiger partial charge >= 0.3 is 5.97 Å². The molecule has 0 spiro atoms. The topological polar surface area (TPSA) is 98.2 Å². The Hall–Kier alpha value is -2.81. The quantitative estimate of drug-likeness (QED) is 0.815. The van der Waals surface area contributed by atoms with E-state index in [-0.39, 0.29) is 17.0 Å². The van der Waals surface area contributed by atoms with E-state index in [0.29, 0.717) is 11.3 Å². The van der Waals surface area contributed by atoms with Crippen LogP contribution in [-0.4, -0.2) is 18.1 Å². The first-order chi connectivity index (χ1) is 9.60. The molecule has 2 N–H and O–H groups in total. The number of allylic oxidation sites excluding steroid dienone is 2. The van der Waals surface area contributed by atoms with Crippen molar-refractivity contribution < 1.29 is 14.3 Å². The number of nitrogens with zero attached hydrogens (tertiary/aromatic N) is 2. The van der Waals surface area contributed by atoms with Crippen LogP contribution in [0.15, 0.2) is 47.3 Å². The maximum absolute atomic E-state index is 12.0. The van der Waals surface area contributed by atoms with Gasteiger partial charge in [-0.25, -0.2) is 4.79 Å². The number of esters is 1. The summed E-state index contributed by atoms with van der Waals surface area (Å²) in [5.41, 5.74) is 6.84. The van der Waals surface area contributed by atoms with Gasteiger partial charge in [0.15, 0.2) is 0 Å². The van der Waals surface area contributed by atoms with Gasteiger partial charge in [-0.15, -0.1) is 0 Å². The minimum Gasteiger partial charge on any atom is -0.466 e. The van der Waals surface area contributed by atoms with Gasteiger partial charge < -0.3 is 15.2 Å². The monoisotopic (exact) mass is 271 g/mol. The van der Waals surface area contributed by atoms with E-state index in [1.54, 1.807) is 31.5 Å². The molecule has 6 nitrogen and oxygen atoms in total. The number of aromatic nitrogens is 1. The van der Waals surface area contributed by atoms with Crippen LogP contribution < -0.4 is 5.73 Å². The normalized spacial score (nSPS) is 18.4. The zero-order chi connectivity index (χ0) is 14.7. The highest BCUT2D eigenvalue weighted by Gasteiger charge is 2.36. The number of hydrogen-bond acceptors (Lipinski definition) is 6. The Labute approximate surface area is 116 Å². The summed E-state index contributed by atoms with van der Waals surface area (Å²) in [6.07, 6.45) is 3.19. The minimum absolute atomic E-state index is 0.00786. The molecule has 0 amide bonds. The average molecular weight is 271 g/mol. The minimum atomic E-state index is -0.630. The number of rotatable bonds is 2. The number of pyridine rings is 1. The number of carbonyl (C=O) groups is 1. The largest absolute Gasteiger partial charge is 0.466 e. The summed E-state index contributed by atoms with van der Waals surface area (Å²) >= 11 is 0. The van der Waals surface area contributed by atoms with Crippen molar-refractivity contribution >= 4 is 5.97 Å². The number of hydrogen-bond donors (Lipinski definition) is 1. The first kappa shape index (κ1) is 13.6. The molecule has 2 heterocycles. The van der Waals surface area contributed by atoms with Crippen LogP contribution in [0.5, 0.6) is 0 Å². The van der Waals surface area contributed by atoms with Crippen molar-refractivity contribution in [3.63, 3.8) is 0 Å². The Balaban J connectivity index is 2.63. The maximum Gasteiger partial charge on any atom is 0.338 e. The Morgan fingerprint density at radius 2 is 2.35 bits per heavy atom. The summed E-state index contributed by atoms with van der Waals surface area (Å²) in [6.45, 7) is 1.61. The summed E-state index contributed by atoms with van der Waals surface area (Å²) in [5, 5.41) is 9.29. The second kappa shape index (κ2) is 5.45. The summed E-state index contributed by atoms with van der Waals surface area (Å²) in [5.74, 6) is -0.875. The third kappa shape index (κ3) is 2.21. The third-order valence-corrected chi connectivity index (χ3v) is 3.03.